The number of nitrogens with zero attached hydrogens (tertiary/aromatic N) is 4. The van der Waals surface area contributed by atoms with Crippen molar-refractivity contribution in [3.63, 3.8) is 0 Å². The van der Waals surface area contributed by atoms with Gasteiger partial charge in [-0.25, -0.2) is 0 Å². The number of amides is 1. The van der Waals surface area contributed by atoms with E-state index in [4.69, 9.17) is 21.4 Å². The maximum atomic E-state index is 12.7. The SMILES string of the molecule is Cc1cc(CN(C)CC(=O)N(CCC#N)c2ccc(Cl)c(C)c2)no1. The normalized spacial score (nSPS) is 10.7. The average Bonchev–Trinajstić information content (AvgIpc) is 2.95. The van der Waals surface area contributed by atoms with E-state index in [1.54, 1.807) is 17.0 Å². The first-order valence-electron chi connectivity index (χ1n) is 7.95. The van der Waals surface area contributed by atoms with E-state index in [0.29, 0.717) is 18.1 Å². The molecule has 2 rings (SSSR count). The maximum Gasteiger partial charge on any atom is 0.241 e. The molecule has 0 saturated heterocycles. The molecular formula is C18H21ClN4O2. The van der Waals surface area contributed by atoms with Gasteiger partial charge < -0.3 is 9.42 Å². The quantitative estimate of drug-likeness (QED) is 0.757. The van der Waals surface area contributed by atoms with Crippen LogP contribution in [0.3, 0.4) is 0 Å². The van der Waals surface area contributed by atoms with Gasteiger partial charge >= 0.3 is 0 Å². The van der Waals surface area contributed by atoms with Crippen LogP contribution < -0.4 is 4.90 Å². The Kier molecular flexibility index (Phi) is 6.57. The van der Waals surface area contributed by atoms with E-state index >= 15 is 0 Å². The Bertz CT molecular complexity index is 782. The maximum absolute atomic E-state index is 12.7. The zero-order valence-corrected chi connectivity index (χ0v) is 15.4. The zero-order chi connectivity index (χ0) is 18.4. The first-order chi connectivity index (χ1) is 11.9. The van der Waals surface area contributed by atoms with Gasteiger partial charge in [0.2, 0.25) is 5.91 Å². The van der Waals surface area contributed by atoms with Crippen LogP contribution >= 0.6 is 11.6 Å². The van der Waals surface area contributed by atoms with Crippen LogP contribution in [0.15, 0.2) is 28.8 Å². The third kappa shape index (κ3) is 5.31. The van der Waals surface area contributed by atoms with Crippen LogP contribution in [0, 0.1) is 25.2 Å². The number of carbonyl (C=O) groups excluding carboxylic acids is 1. The molecule has 1 heterocycles. The Morgan fingerprint density at radius 1 is 1.36 bits per heavy atom. The number of nitriles is 1. The summed E-state index contributed by atoms with van der Waals surface area (Å²) in [5.41, 5.74) is 2.41. The molecule has 0 aliphatic rings. The van der Waals surface area contributed by atoms with Crippen LogP contribution in [0.2, 0.25) is 5.02 Å². The largest absolute Gasteiger partial charge is 0.361 e. The lowest BCUT2D eigenvalue weighted by Crippen LogP contribution is -2.39. The van der Waals surface area contributed by atoms with Gasteiger partial charge in [-0.2, -0.15) is 5.26 Å². The third-order valence-corrected chi connectivity index (χ3v) is 4.14. The Morgan fingerprint density at radius 3 is 2.72 bits per heavy atom. The van der Waals surface area contributed by atoms with E-state index in [2.05, 4.69) is 11.2 Å². The fourth-order valence-corrected chi connectivity index (χ4v) is 2.62. The molecular weight excluding hydrogens is 340 g/mol. The van der Waals surface area contributed by atoms with Crippen molar-refractivity contribution < 1.29 is 9.32 Å². The van der Waals surface area contributed by atoms with Gasteiger partial charge in [0, 0.05) is 29.9 Å². The van der Waals surface area contributed by atoms with Crippen molar-refractivity contribution in [2.24, 2.45) is 0 Å². The molecule has 1 aromatic carbocycles. The van der Waals surface area contributed by atoms with E-state index in [-0.39, 0.29) is 18.9 Å². The first-order valence-corrected chi connectivity index (χ1v) is 8.32. The predicted molar refractivity (Wildman–Crippen MR) is 96.3 cm³/mol. The van der Waals surface area contributed by atoms with Crippen LogP contribution in [-0.2, 0) is 11.3 Å². The summed E-state index contributed by atoms with van der Waals surface area (Å²) >= 11 is 6.07. The molecule has 0 unspecified atom stereocenters. The number of halogens is 1. The molecule has 0 bridgehead atoms. The molecule has 0 atom stereocenters. The summed E-state index contributed by atoms with van der Waals surface area (Å²) in [6.07, 6.45) is 0.264. The lowest BCUT2D eigenvalue weighted by molar-refractivity contribution is -0.119. The molecule has 0 fully saturated rings. The van der Waals surface area contributed by atoms with Crippen LogP contribution in [0.5, 0.6) is 0 Å². The van der Waals surface area contributed by atoms with Crippen molar-refractivity contribution in [1.82, 2.24) is 10.1 Å². The van der Waals surface area contributed by atoms with E-state index in [1.165, 1.54) is 0 Å². The molecule has 0 aliphatic carbocycles. The van der Waals surface area contributed by atoms with Crippen molar-refractivity contribution in [3.05, 3.63) is 46.3 Å². The molecule has 0 spiro atoms. The third-order valence-electron chi connectivity index (χ3n) is 3.72. The molecule has 7 heteroatoms. The number of benzene rings is 1. The first kappa shape index (κ1) is 19.0. The molecule has 0 saturated carbocycles. The minimum absolute atomic E-state index is 0.0836. The smallest absolute Gasteiger partial charge is 0.241 e. The minimum Gasteiger partial charge on any atom is -0.361 e. The van der Waals surface area contributed by atoms with Crippen molar-refractivity contribution in [3.8, 4) is 6.07 Å². The number of hydrogen-bond donors (Lipinski definition) is 0. The van der Waals surface area contributed by atoms with Crippen molar-refractivity contribution in [2.45, 2.75) is 26.8 Å². The fraction of sp³-hybridized carbons (Fsp3) is 0.389. The summed E-state index contributed by atoms with van der Waals surface area (Å²) in [7, 11) is 1.84. The number of anilines is 1. The van der Waals surface area contributed by atoms with Crippen molar-refractivity contribution in [2.75, 3.05) is 25.0 Å². The fourth-order valence-electron chi connectivity index (χ4n) is 2.50. The van der Waals surface area contributed by atoms with Gasteiger partial charge in [0.15, 0.2) is 0 Å². The van der Waals surface area contributed by atoms with Crippen LogP contribution in [0.4, 0.5) is 5.69 Å². The summed E-state index contributed by atoms with van der Waals surface area (Å²) in [6.45, 7) is 4.77. The van der Waals surface area contributed by atoms with E-state index in [0.717, 1.165) is 22.7 Å². The summed E-state index contributed by atoms with van der Waals surface area (Å²) in [5, 5.41) is 13.5. The topological polar surface area (TPSA) is 73.4 Å². The highest BCUT2D eigenvalue weighted by molar-refractivity contribution is 6.31. The van der Waals surface area contributed by atoms with E-state index < -0.39 is 0 Å². The summed E-state index contributed by atoms with van der Waals surface area (Å²) in [4.78, 5) is 16.2. The molecule has 0 N–H and O–H groups in total. The van der Waals surface area contributed by atoms with Gasteiger partial charge in [-0.05, 0) is 44.7 Å². The van der Waals surface area contributed by atoms with Gasteiger partial charge in [-0.15, -0.1) is 0 Å². The molecule has 1 amide bonds. The summed E-state index contributed by atoms with van der Waals surface area (Å²) in [5.74, 6) is 0.654. The van der Waals surface area contributed by atoms with E-state index in [9.17, 15) is 4.79 Å². The number of likely N-dealkylation sites (N-methyl/N-ethyl adjacent to an activating group) is 1. The van der Waals surface area contributed by atoms with Gasteiger partial charge in [0.25, 0.3) is 0 Å². The highest BCUT2D eigenvalue weighted by Crippen LogP contribution is 2.23. The molecule has 0 radical (unpaired) electrons. The Balaban J connectivity index is 2.09. The Morgan fingerprint density at radius 2 is 2.12 bits per heavy atom. The monoisotopic (exact) mass is 360 g/mol. The minimum atomic E-state index is -0.0836. The number of aromatic nitrogens is 1. The van der Waals surface area contributed by atoms with Crippen LogP contribution in [-0.4, -0.2) is 36.1 Å². The second-order valence-electron chi connectivity index (χ2n) is 5.99. The molecule has 0 aliphatic heterocycles. The molecule has 132 valence electrons. The van der Waals surface area contributed by atoms with Crippen LogP contribution in [0.1, 0.15) is 23.4 Å². The van der Waals surface area contributed by atoms with Crippen LogP contribution in [0.25, 0.3) is 0 Å². The zero-order valence-electron chi connectivity index (χ0n) is 14.6. The Hall–Kier alpha value is -2.36. The summed E-state index contributed by atoms with van der Waals surface area (Å²) < 4.78 is 5.04. The van der Waals surface area contributed by atoms with Crippen molar-refractivity contribution in [1.29, 1.82) is 5.26 Å². The summed E-state index contributed by atoms with van der Waals surface area (Å²) in [6, 6.07) is 9.35. The average molecular weight is 361 g/mol. The Labute approximate surface area is 152 Å². The van der Waals surface area contributed by atoms with Gasteiger partial charge in [-0.3, -0.25) is 9.69 Å². The highest BCUT2D eigenvalue weighted by Gasteiger charge is 2.18. The molecule has 1 aromatic heterocycles. The lowest BCUT2D eigenvalue weighted by atomic mass is 10.2. The molecule has 25 heavy (non-hydrogen) atoms. The second kappa shape index (κ2) is 8.65. The molecule has 2 aromatic rings. The lowest BCUT2D eigenvalue weighted by Gasteiger charge is -2.25. The van der Waals surface area contributed by atoms with Gasteiger partial charge in [0.05, 0.1) is 24.7 Å². The van der Waals surface area contributed by atoms with Gasteiger partial charge in [0.1, 0.15) is 5.76 Å². The van der Waals surface area contributed by atoms with E-state index in [1.807, 2.05) is 37.9 Å². The number of rotatable bonds is 7. The van der Waals surface area contributed by atoms with Gasteiger partial charge in [-0.1, -0.05) is 16.8 Å². The predicted octanol–water partition coefficient (Wildman–Crippen LogP) is 3.32. The number of aryl methyl sites for hydroxylation is 2. The standard InChI is InChI=1S/C18H21ClN4O2/c1-13-9-16(5-6-17(13)19)23(8-4-7-20)18(24)12-22(3)11-15-10-14(2)25-21-15/h5-6,9-10H,4,8,11-12H2,1-3H3. The number of carbonyl (C=O) groups is 1. The second-order valence-corrected chi connectivity index (χ2v) is 6.40. The highest BCUT2D eigenvalue weighted by atomic mass is 35.5. The number of hydrogen-bond acceptors (Lipinski definition) is 5. The van der Waals surface area contributed by atoms with Crippen molar-refractivity contribution >= 4 is 23.2 Å². The molecule has 6 nitrogen and oxygen atoms in total.